The van der Waals surface area contributed by atoms with Crippen LogP contribution in [0.5, 0.6) is 0 Å². The zero-order chi connectivity index (χ0) is 18.4. The highest BCUT2D eigenvalue weighted by Gasteiger charge is 2.08. The lowest BCUT2D eigenvalue weighted by Crippen LogP contribution is -2.36. The zero-order valence-electron chi connectivity index (χ0n) is 15.7. The topological polar surface area (TPSA) is 39.7 Å². The van der Waals surface area contributed by atoms with Crippen LogP contribution in [0, 0.1) is 12.7 Å². The molecule has 0 aromatic heterocycles. The highest BCUT2D eigenvalue weighted by molar-refractivity contribution is 14.0. The van der Waals surface area contributed by atoms with Crippen molar-refractivity contribution in [1.29, 1.82) is 0 Å². The molecule has 6 heteroatoms. The maximum atomic E-state index is 13.4. The van der Waals surface area contributed by atoms with Gasteiger partial charge in [0.15, 0.2) is 5.96 Å². The summed E-state index contributed by atoms with van der Waals surface area (Å²) in [6, 6.07) is 13.7. The van der Waals surface area contributed by atoms with E-state index in [1.54, 1.807) is 20.0 Å². The van der Waals surface area contributed by atoms with Crippen LogP contribution in [-0.4, -0.2) is 26.1 Å². The van der Waals surface area contributed by atoms with Gasteiger partial charge in [0, 0.05) is 38.9 Å². The number of hydrogen-bond donors (Lipinski definition) is 2. The molecule has 0 spiro atoms. The Hall–Kier alpha value is -2.09. The maximum absolute atomic E-state index is 13.4. The average Bonchev–Trinajstić information content (AvgIpc) is 3.20. The molecule has 0 radical (unpaired) electrons. The molecule has 144 valence electrons. The number of aliphatic imine (C=N–C) groups is 1. The standard InChI is InChI=1S/C21H25FN4.HI/c1-16-12-18(8-9-20(16)22)15-25-21(23-2)24-14-17-6-5-7-19(13-17)26-10-3-4-11-26;/h3-9,12-13H,10-11,14-15H2,1-2H3,(H2,23,24,25);1H. The Morgan fingerprint density at radius 2 is 1.70 bits per heavy atom. The molecule has 0 aliphatic carbocycles. The number of benzene rings is 2. The van der Waals surface area contributed by atoms with Gasteiger partial charge < -0.3 is 15.5 Å². The second kappa shape index (κ2) is 10.3. The summed E-state index contributed by atoms with van der Waals surface area (Å²) in [5.41, 5.74) is 4.12. The van der Waals surface area contributed by atoms with Crippen molar-refractivity contribution >= 4 is 35.6 Å². The summed E-state index contributed by atoms with van der Waals surface area (Å²) in [6.45, 7) is 5.00. The third-order valence-electron chi connectivity index (χ3n) is 4.46. The second-order valence-electron chi connectivity index (χ2n) is 6.41. The van der Waals surface area contributed by atoms with Gasteiger partial charge >= 0.3 is 0 Å². The van der Waals surface area contributed by atoms with Crippen LogP contribution in [0.15, 0.2) is 59.6 Å². The van der Waals surface area contributed by atoms with Crippen LogP contribution >= 0.6 is 24.0 Å². The van der Waals surface area contributed by atoms with Gasteiger partial charge in [0.05, 0.1) is 0 Å². The minimum absolute atomic E-state index is 0. The van der Waals surface area contributed by atoms with Crippen molar-refractivity contribution in [3.8, 4) is 0 Å². The smallest absolute Gasteiger partial charge is 0.191 e. The fourth-order valence-corrected chi connectivity index (χ4v) is 2.96. The quantitative estimate of drug-likeness (QED) is 0.294. The second-order valence-corrected chi connectivity index (χ2v) is 6.41. The first-order chi connectivity index (χ1) is 12.7. The van der Waals surface area contributed by atoms with E-state index in [0.29, 0.717) is 18.7 Å². The summed E-state index contributed by atoms with van der Waals surface area (Å²) < 4.78 is 13.4. The van der Waals surface area contributed by atoms with Crippen LogP contribution in [0.1, 0.15) is 16.7 Å². The van der Waals surface area contributed by atoms with Crippen LogP contribution < -0.4 is 15.5 Å². The van der Waals surface area contributed by atoms with Gasteiger partial charge in [0.1, 0.15) is 5.82 Å². The Kier molecular flexibility index (Phi) is 8.09. The number of nitrogens with zero attached hydrogens (tertiary/aromatic N) is 2. The van der Waals surface area contributed by atoms with Crippen molar-refractivity contribution in [2.75, 3.05) is 25.0 Å². The van der Waals surface area contributed by atoms with Gasteiger partial charge in [0.25, 0.3) is 0 Å². The highest BCUT2D eigenvalue weighted by atomic mass is 127. The van der Waals surface area contributed by atoms with Crippen molar-refractivity contribution in [3.63, 3.8) is 0 Å². The van der Waals surface area contributed by atoms with E-state index in [1.807, 2.05) is 6.07 Å². The SMILES string of the molecule is CN=C(NCc1cccc(N2CC=CC2)c1)NCc1ccc(F)c(C)c1.I. The summed E-state index contributed by atoms with van der Waals surface area (Å²) in [6.07, 6.45) is 4.38. The average molecular weight is 480 g/mol. The number of anilines is 1. The minimum atomic E-state index is -0.177. The normalized spacial score (nSPS) is 13.4. The summed E-state index contributed by atoms with van der Waals surface area (Å²) >= 11 is 0. The van der Waals surface area contributed by atoms with Gasteiger partial charge in [-0.05, 0) is 41.8 Å². The largest absolute Gasteiger partial charge is 0.364 e. The van der Waals surface area contributed by atoms with E-state index >= 15 is 0 Å². The molecule has 0 saturated heterocycles. The first-order valence-electron chi connectivity index (χ1n) is 8.84. The number of hydrogen-bond acceptors (Lipinski definition) is 2. The summed E-state index contributed by atoms with van der Waals surface area (Å²) in [7, 11) is 1.75. The third kappa shape index (κ3) is 5.95. The van der Waals surface area contributed by atoms with Crippen LogP contribution in [-0.2, 0) is 13.1 Å². The molecule has 3 rings (SSSR count). The van der Waals surface area contributed by atoms with Gasteiger partial charge in [-0.15, -0.1) is 24.0 Å². The molecule has 1 aliphatic heterocycles. The highest BCUT2D eigenvalue weighted by Crippen LogP contribution is 2.18. The third-order valence-corrected chi connectivity index (χ3v) is 4.46. The Morgan fingerprint density at radius 1 is 1.04 bits per heavy atom. The fourth-order valence-electron chi connectivity index (χ4n) is 2.96. The molecule has 2 aromatic carbocycles. The minimum Gasteiger partial charge on any atom is -0.364 e. The molecule has 0 atom stereocenters. The Bertz CT molecular complexity index is 812. The lowest BCUT2D eigenvalue weighted by Gasteiger charge is -2.19. The number of guanidine groups is 1. The summed E-state index contributed by atoms with van der Waals surface area (Å²) in [4.78, 5) is 6.58. The van der Waals surface area contributed by atoms with Gasteiger partial charge in [0.2, 0.25) is 0 Å². The van der Waals surface area contributed by atoms with Crippen molar-refractivity contribution in [2.45, 2.75) is 20.0 Å². The first kappa shape index (κ1) is 21.2. The molecule has 1 aliphatic rings. The van der Waals surface area contributed by atoms with Gasteiger partial charge in [-0.2, -0.15) is 0 Å². The maximum Gasteiger partial charge on any atom is 0.191 e. The fraction of sp³-hybridized carbons (Fsp3) is 0.286. The van der Waals surface area contributed by atoms with E-state index < -0.39 is 0 Å². The van der Waals surface area contributed by atoms with Crippen LogP contribution in [0.3, 0.4) is 0 Å². The van der Waals surface area contributed by atoms with Crippen LogP contribution in [0.4, 0.5) is 10.1 Å². The molecule has 0 saturated carbocycles. The van der Waals surface area contributed by atoms with Gasteiger partial charge in [-0.25, -0.2) is 4.39 Å². The number of halogens is 2. The van der Waals surface area contributed by atoms with E-state index in [9.17, 15) is 4.39 Å². The molecule has 0 bridgehead atoms. The molecule has 0 amide bonds. The molecule has 2 aromatic rings. The van der Waals surface area contributed by atoms with E-state index in [0.717, 1.165) is 24.6 Å². The Labute approximate surface area is 177 Å². The molecule has 1 heterocycles. The summed E-state index contributed by atoms with van der Waals surface area (Å²) in [5, 5.41) is 6.60. The Morgan fingerprint density at radius 3 is 2.33 bits per heavy atom. The number of rotatable bonds is 5. The predicted octanol–water partition coefficient (Wildman–Crippen LogP) is 3.99. The molecule has 4 nitrogen and oxygen atoms in total. The number of nitrogens with one attached hydrogen (secondary N) is 2. The van der Waals surface area contributed by atoms with Crippen molar-refractivity contribution in [2.24, 2.45) is 4.99 Å². The molecule has 0 fully saturated rings. The van der Waals surface area contributed by atoms with E-state index in [2.05, 4.69) is 56.9 Å². The summed E-state index contributed by atoms with van der Waals surface area (Å²) in [5.74, 6) is 0.546. The van der Waals surface area contributed by atoms with Crippen molar-refractivity contribution < 1.29 is 4.39 Å². The molecule has 27 heavy (non-hydrogen) atoms. The van der Waals surface area contributed by atoms with Crippen molar-refractivity contribution in [3.05, 3.63) is 77.1 Å². The Balaban J connectivity index is 0.00000261. The van der Waals surface area contributed by atoms with Crippen LogP contribution in [0.2, 0.25) is 0 Å². The lowest BCUT2D eigenvalue weighted by atomic mass is 10.1. The van der Waals surface area contributed by atoms with Crippen LogP contribution in [0.25, 0.3) is 0 Å². The number of aryl methyl sites for hydroxylation is 1. The van der Waals surface area contributed by atoms with E-state index in [4.69, 9.17) is 0 Å². The molecular weight excluding hydrogens is 454 g/mol. The van der Waals surface area contributed by atoms with E-state index in [1.165, 1.54) is 17.3 Å². The van der Waals surface area contributed by atoms with E-state index in [-0.39, 0.29) is 29.8 Å². The van der Waals surface area contributed by atoms with Gasteiger partial charge in [-0.1, -0.05) is 36.4 Å². The molecule has 0 unspecified atom stereocenters. The van der Waals surface area contributed by atoms with Gasteiger partial charge in [-0.3, -0.25) is 4.99 Å². The lowest BCUT2D eigenvalue weighted by molar-refractivity contribution is 0.617. The zero-order valence-corrected chi connectivity index (χ0v) is 18.0. The monoisotopic (exact) mass is 480 g/mol. The predicted molar refractivity (Wildman–Crippen MR) is 121 cm³/mol. The first-order valence-corrected chi connectivity index (χ1v) is 8.84. The van der Waals surface area contributed by atoms with Crippen molar-refractivity contribution in [1.82, 2.24) is 10.6 Å². The molecule has 2 N–H and O–H groups in total. The molecular formula is C21H26FIN4.